The lowest BCUT2D eigenvalue weighted by molar-refractivity contribution is -0.283. The molecule has 60 heavy (non-hydrogen) atoms. The predicted molar refractivity (Wildman–Crippen MR) is 249 cm³/mol. The molecule has 0 radical (unpaired) electrons. The zero-order valence-electron chi connectivity index (χ0n) is 40.1. The van der Waals surface area contributed by atoms with Crippen LogP contribution >= 0.6 is 0 Å². The van der Waals surface area contributed by atoms with Crippen molar-refractivity contribution in [1.29, 1.82) is 0 Å². The van der Waals surface area contributed by atoms with Crippen LogP contribution in [0.5, 0.6) is 0 Å². The van der Waals surface area contributed by atoms with Crippen molar-refractivity contribution in [2.24, 2.45) is 0 Å². The highest BCUT2D eigenvalue weighted by molar-refractivity contribution is 5.60. The molecule has 0 aliphatic heterocycles. The Balaban J connectivity index is 4.49. The Bertz CT molecular complexity index is 838. The summed E-state index contributed by atoms with van der Waals surface area (Å²) in [7, 11) is 0. The molecule has 10 heteroatoms. The van der Waals surface area contributed by atoms with Crippen LogP contribution in [-0.4, -0.2) is 106 Å². The number of unbranched alkanes of at least 4 members (excludes halogenated alkanes) is 22. The Hall–Kier alpha value is -1.01. The van der Waals surface area contributed by atoms with Gasteiger partial charge in [-0.1, -0.05) is 169 Å². The lowest BCUT2D eigenvalue weighted by Gasteiger charge is -2.23. The molecule has 0 aliphatic carbocycles. The summed E-state index contributed by atoms with van der Waals surface area (Å²) in [6.45, 7) is 13.7. The molecule has 0 bridgehead atoms. The van der Waals surface area contributed by atoms with E-state index in [-0.39, 0.29) is 18.8 Å². The van der Waals surface area contributed by atoms with Crippen molar-refractivity contribution >= 4 is 6.16 Å². The van der Waals surface area contributed by atoms with Crippen LogP contribution in [0.15, 0.2) is 0 Å². The minimum atomic E-state index is -1.14. The maximum atomic E-state index is 12.6. The molecule has 0 aromatic rings. The summed E-state index contributed by atoms with van der Waals surface area (Å²) in [6, 6.07) is 0. The zero-order valence-corrected chi connectivity index (χ0v) is 40.1. The molecule has 360 valence electrons. The topological polar surface area (TPSA) is 116 Å². The van der Waals surface area contributed by atoms with E-state index in [1.807, 2.05) is 0 Å². The Kier molecular flexibility index (Phi) is 48.2. The number of rotatable bonds is 50. The molecule has 0 fully saturated rings. The van der Waals surface area contributed by atoms with Gasteiger partial charge in [-0.25, -0.2) is 4.79 Å². The number of carbonyl (C=O) groups excluding carboxylic acids is 1. The lowest BCUT2D eigenvalue weighted by Crippen LogP contribution is -2.30. The molecule has 0 saturated carbocycles. The summed E-state index contributed by atoms with van der Waals surface area (Å²) < 4.78 is 34.2. The first kappa shape index (κ1) is 59.0. The molecule has 10 nitrogen and oxygen atoms in total. The number of carbonyl (C=O) groups is 1. The van der Waals surface area contributed by atoms with Crippen LogP contribution < -0.4 is 0 Å². The van der Waals surface area contributed by atoms with Crippen molar-refractivity contribution in [2.75, 3.05) is 65.9 Å². The molecule has 0 spiro atoms. The Labute approximate surface area is 371 Å². The summed E-state index contributed by atoms with van der Waals surface area (Å²) in [5, 5.41) is 19.4. The zero-order chi connectivity index (χ0) is 43.8. The monoisotopic (exact) mass is 860 g/mol. The standard InChI is InChI=1S/C50H101NO9/c1-5-9-13-17-19-27-35-47(33-25-15-11-7-3)59-49(53)57-41-31-23-21-29-37-51(39-43-55-45-46-56-44-40-52)38-30-22-24-32-42-58-50(54)60-48(34-26-16-12-8-4)36-28-20-18-14-10-6-2/h47-49,52-53H,5-46H2,1-4H3. The predicted octanol–water partition coefficient (Wildman–Crippen LogP) is 13.1. The van der Waals surface area contributed by atoms with E-state index in [2.05, 4.69) is 32.6 Å². The first-order valence-electron chi connectivity index (χ1n) is 25.8. The van der Waals surface area contributed by atoms with Crippen molar-refractivity contribution in [1.82, 2.24) is 4.90 Å². The minimum Gasteiger partial charge on any atom is -0.434 e. The number of hydrogen-bond acceptors (Lipinski definition) is 10. The van der Waals surface area contributed by atoms with Gasteiger partial charge >= 0.3 is 6.16 Å². The molecular weight excluding hydrogens is 759 g/mol. The number of aliphatic hydroxyl groups excluding tert-OH is 2. The van der Waals surface area contributed by atoms with Gasteiger partial charge in [0.2, 0.25) is 0 Å². The van der Waals surface area contributed by atoms with E-state index < -0.39 is 12.6 Å². The summed E-state index contributed by atoms with van der Waals surface area (Å²) in [6.07, 6.45) is 36.3. The number of ether oxygens (including phenoxy) is 6. The van der Waals surface area contributed by atoms with Crippen LogP contribution in [-0.2, 0) is 28.4 Å². The first-order chi connectivity index (χ1) is 29.5. The number of aliphatic hydroxyl groups is 2. The van der Waals surface area contributed by atoms with Crippen LogP contribution in [0.3, 0.4) is 0 Å². The highest BCUT2D eigenvalue weighted by Gasteiger charge is 2.17. The number of hydrogen-bond donors (Lipinski definition) is 2. The second-order valence-electron chi connectivity index (χ2n) is 17.2. The average Bonchev–Trinajstić information content (AvgIpc) is 3.24. The van der Waals surface area contributed by atoms with Gasteiger partial charge in [0.15, 0.2) is 0 Å². The van der Waals surface area contributed by atoms with Crippen molar-refractivity contribution in [3.05, 3.63) is 0 Å². The Morgan fingerprint density at radius 3 is 1.38 bits per heavy atom. The molecular formula is C50H101NO9. The lowest BCUT2D eigenvalue weighted by atomic mass is 10.0. The third-order valence-corrected chi connectivity index (χ3v) is 11.5. The third kappa shape index (κ3) is 43.6. The van der Waals surface area contributed by atoms with Gasteiger partial charge in [-0.2, -0.15) is 0 Å². The molecule has 0 aromatic carbocycles. The van der Waals surface area contributed by atoms with Gasteiger partial charge in [-0.3, -0.25) is 0 Å². The molecule has 0 amide bonds. The minimum absolute atomic E-state index is 0.0217. The fourth-order valence-corrected chi connectivity index (χ4v) is 7.66. The van der Waals surface area contributed by atoms with E-state index in [1.54, 1.807) is 0 Å². The van der Waals surface area contributed by atoms with E-state index in [9.17, 15) is 9.90 Å². The van der Waals surface area contributed by atoms with Gasteiger partial charge in [0, 0.05) is 6.54 Å². The van der Waals surface area contributed by atoms with E-state index >= 15 is 0 Å². The highest BCUT2D eigenvalue weighted by atomic mass is 16.8. The van der Waals surface area contributed by atoms with Crippen LogP contribution in [0.25, 0.3) is 0 Å². The van der Waals surface area contributed by atoms with Crippen LogP contribution in [0.1, 0.15) is 233 Å². The van der Waals surface area contributed by atoms with Gasteiger partial charge in [-0.05, 0) is 77.3 Å². The second-order valence-corrected chi connectivity index (χ2v) is 17.2. The molecule has 0 rings (SSSR count). The van der Waals surface area contributed by atoms with Crippen LogP contribution in [0.2, 0.25) is 0 Å². The molecule has 0 saturated heterocycles. The van der Waals surface area contributed by atoms with E-state index in [0.29, 0.717) is 39.6 Å². The summed E-state index contributed by atoms with van der Waals surface area (Å²) in [5.74, 6) is 0. The molecule has 3 unspecified atom stereocenters. The van der Waals surface area contributed by atoms with E-state index in [1.165, 1.54) is 103 Å². The van der Waals surface area contributed by atoms with Crippen molar-refractivity contribution in [3.63, 3.8) is 0 Å². The van der Waals surface area contributed by atoms with E-state index in [4.69, 9.17) is 33.5 Å². The Morgan fingerprint density at radius 2 is 0.867 bits per heavy atom. The maximum Gasteiger partial charge on any atom is 0.508 e. The molecule has 2 N–H and O–H groups in total. The molecule has 0 aromatic heterocycles. The van der Waals surface area contributed by atoms with Gasteiger partial charge in [0.1, 0.15) is 6.10 Å². The molecule has 0 heterocycles. The van der Waals surface area contributed by atoms with Crippen LogP contribution in [0, 0.1) is 0 Å². The summed E-state index contributed by atoms with van der Waals surface area (Å²) in [4.78, 5) is 15.0. The third-order valence-electron chi connectivity index (χ3n) is 11.5. The fourth-order valence-electron chi connectivity index (χ4n) is 7.66. The fraction of sp³-hybridized carbons (Fsp3) is 0.980. The Morgan fingerprint density at radius 1 is 0.450 bits per heavy atom. The van der Waals surface area contributed by atoms with Crippen molar-refractivity contribution in [3.8, 4) is 0 Å². The first-order valence-corrected chi connectivity index (χ1v) is 25.8. The molecule has 3 atom stereocenters. The summed E-state index contributed by atoms with van der Waals surface area (Å²) >= 11 is 0. The number of nitrogens with zero attached hydrogens (tertiary/aromatic N) is 1. The van der Waals surface area contributed by atoms with Crippen molar-refractivity contribution in [2.45, 2.75) is 252 Å². The van der Waals surface area contributed by atoms with Crippen LogP contribution in [0.4, 0.5) is 4.79 Å². The summed E-state index contributed by atoms with van der Waals surface area (Å²) in [5.41, 5.74) is 0. The van der Waals surface area contributed by atoms with E-state index in [0.717, 1.165) is 122 Å². The average molecular weight is 860 g/mol. The van der Waals surface area contributed by atoms with Gasteiger partial charge in [0.05, 0.1) is 52.4 Å². The second kappa shape index (κ2) is 49.0. The van der Waals surface area contributed by atoms with Crippen molar-refractivity contribution < 1.29 is 43.4 Å². The highest BCUT2D eigenvalue weighted by Crippen LogP contribution is 2.19. The SMILES string of the molecule is CCCCCCCCC(CCCCCC)OC(=O)OCCCCCCN(CCCCCCOC(O)OC(CCCCCC)CCCCCCCC)CCOCCOCCO. The smallest absolute Gasteiger partial charge is 0.434 e. The molecule has 0 aliphatic rings. The largest absolute Gasteiger partial charge is 0.508 e. The van der Waals surface area contributed by atoms with Gasteiger partial charge < -0.3 is 43.5 Å². The quantitative estimate of drug-likeness (QED) is 0.0348. The van der Waals surface area contributed by atoms with Gasteiger partial charge in [-0.15, -0.1) is 0 Å². The van der Waals surface area contributed by atoms with Gasteiger partial charge in [0.25, 0.3) is 6.48 Å². The normalized spacial score (nSPS) is 13.2. The maximum absolute atomic E-state index is 12.6.